The smallest absolute Gasteiger partial charge is 0.436 e. The highest BCUT2D eigenvalue weighted by Gasteiger charge is 2.74. The lowest BCUT2D eigenvalue weighted by molar-refractivity contribution is -0.349. The number of carboxylic acids is 1. The Hall–Kier alpha value is -3.30. The molecule has 16 heteroatoms. The predicted molar refractivity (Wildman–Crippen MR) is 140 cm³/mol. The van der Waals surface area contributed by atoms with Crippen molar-refractivity contribution in [3.8, 4) is 0 Å². The molecular weight excluding hydrogens is 645 g/mol. The van der Waals surface area contributed by atoms with Crippen LogP contribution >= 0.6 is 0 Å². The largest absolute Gasteiger partial charge is 0.481 e. The van der Waals surface area contributed by atoms with Gasteiger partial charge in [0.05, 0.1) is 10.8 Å². The number of halogens is 9. The quantitative estimate of drug-likeness (QED) is 0.257. The molecule has 1 aliphatic carbocycles. The number of rotatable bonds is 7. The molecule has 4 rings (SSSR count). The number of likely N-dealkylation sites (tertiary alicyclic amines) is 1. The molecule has 2 aliphatic rings. The Labute approximate surface area is 252 Å². The van der Waals surface area contributed by atoms with Crippen molar-refractivity contribution in [1.29, 1.82) is 0 Å². The van der Waals surface area contributed by atoms with Gasteiger partial charge in [-0.2, -0.15) is 26.3 Å². The first-order valence-corrected chi connectivity index (χ1v) is 15.3. The summed E-state index contributed by atoms with van der Waals surface area (Å²) >= 11 is 0. The molecule has 2 aromatic carbocycles. The third kappa shape index (κ3) is 5.56. The first-order chi connectivity index (χ1) is 20.7. The van der Waals surface area contributed by atoms with Gasteiger partial charge in [0.15, 0.2) is 9.84 Å². The number of amides is 1. The van der Waals surface area contributed by atoms with Gasteiger partial charge in [-0.25, -0.2) is 21.6 Å². The van der Waals surface area contributed by atoms with Crippen LogP contribution in [-0.2, 0) is 29.8 Å². The maximum absolute atomic E-state index is 15.2. The molecule has 1 aliphatic heterocycles. The molecule has 1 N–H and O–H groups in total. The lowest BCUT2D eigenvalue weighted by atomic mass is 9.68. The third-order valence-corrected chi connectivity index (χ3v) is 11.7. The monoisotopic (exact) mass is 673 g/mol. The van der Waals surface area contributed by atoms with Crippen molar-refractivity contribution in [2.75, 3.05) is 13.1 Å². The van der Waals surface area contributed by atoms with Gasteiger partial charge in [-0.3, -0.25) is 9.59 Å². The van der Waals surface area contributed by atoms with Crippen LogP contribution < -0.4 is 0 Å². The summed E-state index contributed by atoms with van der Waals surface area (Å²) in [5.41, 5.74) is -10.3. The van der Waals surface area contributed by atoms with Crippen LogP contribution in [0.4, 0.5) is 39.5 Å². The summed E-state index contributed by atoms with van der Waals surface area (Å²) in [6, 6.07) is 3.73. The number of hydrogen-bond acceptors (Lipinski definition) is 4. The van der Waals surface area contributed by atoms with E-state index >= 15 is 4.39 Å². The molecular formula is C29H28F9NO5S. The highest BCUT2D eigenvalue weighted by Crippen LogP contribution is 2.55. The Bertz CT molecular complexity index is 1550. The van der Waals surface area contributed by atoms with E-state index in [0.717, 1.165) is 29.2 Å². The number of hydrogen-bond donors (Lipinski definition) is 1. The van der Waals surface area contributed by atoms with Crippen LogP contribution in [0.2, 0.25) is 0 Å². The number of carboxylic acid groups (broad SMARTS) is 1. The van der Waals surface area contributed by atoms with Crippen LogP contribution in [0, 0.1) is 23.0 Å². The van der Waals surface area contributed by atoms with Crippen LogP contribution in [-0.4, -0.2) is 55.7 Å². The molecule has 6 nitrogen and oxygen atoms in total. The molecule has 2 fully saturated rings. The maximum atomic E-state index is 15.2. The van der Waals surface area contributed by atoms with Crippen LogP contribution in [0.5, 0.6) is 0 Å². The summed E-state index contributed by atoms with van der Waals surface area (Å²) < 4.78 is 150. The molecule has 1 atom stereocenters. The van der Waals surface area contributed by atoms with E-state index in [2.05, 4.69) is 0 Å². The average molecular weight is 674 g/mol. The van der Waals surface area contributed by atoms with Crippen molar-refractivity contribution in [3.63, 3.8) is 0 Å². The van der Waals surface area contributed by atoms with Gasteiger partial charge >= 0.3 is 24.0 Å². The predicted octanol–water partition coefficient (Wildman–Crippen LogP) is 6.83. The number of sulfone groups is 1. The van der Waals surface area contributed by atoms with E-state index in [1.807, 2.05) is 0 Å². The SMILES string of the molecule is CCC1(C(=O)N2CC[C@](c3ccc(C(F)(C(F)(F)F)C(F)(F)F)c(F)c3)(S(=O)(=O)c3ccc(F)cc3)C2)CCC(C(=O)O)CC1. The van der Waals surface area contributed by atoms with Crippen molar-refractivity contribution in [1.82, 2.24) is 4.90 Å². The van der Waals surface area contributed by atoms with E-state index in [0.29, 0.717) is 6.07 Å². The summed E-state index contributed by atoms with van der Waals surface area (Å²) in [4.78, 5) is 26.0. The molecule has 0 bridgehead atoms. The summed E-state index contributed by atoms with van der Waals surface area (Å²) in [6.45, 7) is 0.689. The average Bonchev–Trinajstić information content (AvgIpc) is 3.43. The van der Waals surface area contributed by atoms with E-state index < -0.39 is 96.4 Å². The molecule has 1 amide bonds. The molecule has 0 aromatic heterocycles. The number of benzene rings is 2. The first-order valence-electron chi connectivity index (χ1n) is 13.8. The van der Waals surface area contributed by atoms with Crippen molar-refractivity contribution in [2.24, 2.45) is 11.3 Å². The Morgan fingerprint density at radius 2 is 1.47 bits per heavy atom. The first kappa shape index (κ1) is 34.6. The van der Waals surface area contributed by atoms with E-state index in [-0.39, 0.29) is 50.8 Å². The zero-order valence-electron chi connectivity index (χ0n) is 23.6. The molecule has 2 aromatic rings. The van der Waals surface area contributed by atoms with Crippen molar-refractivity contribution >= 4 is 21.7 Å². The van der Waals surface area contributed by atoms with Gasteiger partial charge < -0.3 is 10.0 Å². The van der Waals surface area contributed by atoms with Gasteiger partial charge in [0.25, 0.3) is 0 Å². The van der Waals surface area contributed by atoms with Crippen LogP contribution in [0.3, 0.4) is 0 Å². The normalized spacial score (nSPS) is 24.9. The van der Waals surface area contributed by atoms with Crippen LogP contribution in [0.25, 0.3) is 0 Å². The second kappa shape index (κ2) is 11.5. The highest BCUT2D eigenvalue weighted by atomic mass is 32.2. The molecule has 1 saturated heterocycles. The minimum absolute atomic E-state index is 0.0872. The zero-order chi connectivity index (χ0) is 33.8. The second-order valence-corrected chi connectivity index (χ2v) is 13.8. The fourth-order valence-corrected chi connectivity index (χ4v) is 8.49. The molecule has 248 valence electrons. The van der Waals surface area contributed by atoms with Gasteiger partial charge in [0.2, 0.25) is 5.91 Å². The molecule has 0 spiro atoms. The number of aliphatic carboxylic acids is 1. The summed E-state index contributed by atoms with van der Waals surface area (Å²) in [5, 5.41) is 9.36. The van der Waals surface area contributed by atoms with Crippen LogP contribution in [0.15, 0.2) is 47.4 Å². The van der Waals surface area contributed by atoms with Gasteiger partial charge in [-0.15, -0.1) is 0 Å². The standard InChI is InChI=1S/C29H28F9NO5S/c1-2-25(11-9-17(10-12-25)23(40)41)24(42)39-14-13-26(16-39,45(43,44)20-6-4-19(30)5-7-20)18-3-8-21(22(31)15-18)27(32,28(33,34)35)29(36,37)38/h3-8,15,17H,2,9-14,16H2,1H3,(H,40,41)/t17?,25?,26-/m0/s1. The van der Waals surface area contributed by atoms with Gasteiger partial charge in [-0.05, 0) is 74.4 Å². The zero-order valence-corrected chi connectivity index (χ0v) is 24.4. The fraction of sp³-hybridized carbons (Fsp3) is 0.517. The minimum Gasteiger partial charge on any atom is -0.481 e. The third-order valence-electron chi connectivity index (χ3n) is 9.23. The van der Waals surface area contributed by atoms with Crippen molar-refractivity contribution in [2.45, 2.75) is 73.1 Å². The molecule has 1 heterocycles. The Balaban J connectivity index is 1.83. The molecule has 1 saturated carbocycles. The highest BCUT2D eigenvalue weighted by molar-refractivity contribution is 7.92. The topological polar surface area (TPSA) is 91.8 Å². The van der Waals surface area contributed by atoms with Crippen LogP contribution in [0.1, 0.15) is 56.6 Å². The number of nitrogens with zero attached hydrogens (tertiary/aromatic N) is 1. The van der Waals surface area contributed by atoms with E-state index in [4.69, 9.17) is 0 Å². The summed E-state index contributed by atoms with van der Waals surface area (Å²) in [5.74, 6) is -5.41. The fourth-order valence-electron chi connectivity index (χ4n) is 6.42. The van der Waals surface area contributed by atoms with E-state index in [1.165, 1.54) is 0 Å². The molecule has 0 unspecified atom stereocenters. The molecule has 45 heavy (non-hydrogen) atoms. The van der Waals surface area contributed by atoms with Gasteiger partial charge in [-0.1, -0.05) is 19.1 Å². The number of carbonyl (C=O) groups excluding carboxylic acids is 1. The van der Waals surface area contributed by atoms with Gasteiger partial charge in [0.1, 0.15) is 16.4 Å². The van der Waals surface area contributed by atoms with Crippen molar-refractivity contribution in [3.05, 3.63) is 65.2 Å². The lowest BCUT2D eigenvalue weighted by Crippen LogP contribution is -2.51. The van der Waals surface area contributed by atoms with Gasteiger partial charge in [0, 0.05) is 24.1 Å². The Morgan fingerprint density at radius 1 is 0.911 bits per heavy atom. The van der Waals surface area contributed by atoms with E-state index in [9.17, 15) is 58.2 Å². The lowest BCUT2D eigenvalue weighted by Gasteiger charge is -2.40. The minimum atomic E-state index is -6.63. The molecule has 0 radical (unpaired) electrons. The summed E-state index contributed by atoms with van der Waals surface area (Å²) in [6.07, 6.45) is -12.9. The number of alkyl halides is 7. The summed E-state index contributed by atoms with van der Waals surface area (Å²) in [7, 11) is -4.78. The number of carbonyl (C=O) groups is 2. The van der Waals surface area contributed by atoms with Crippen molar-refractivity contribution < 1.29 is 62.6 Å². The maximum Gasteiger partial charge on any atom is 0.436 e. The Kier molecular flexibility index (Phi) is 8.83. The Morgan fingerprint density at radius 3 is 1.93 bits per heavy atom. The second-order valence-electron chi connectivity index (χ2n) is 11.5. The van der Waals surface area contributed by atoms with E-state index in [1.54, 1.807) is 6.92 Å².